The molecule has 0 saturated carbocycles. The Morgan fingerprint density at radius 1 is 1.04 bits per heavy atom. The lowest BCUT2D eigenvalue weighted by molar-refractivity contribution is 0.174. The molecule has 1 unspecified atom stereocenters. The summed E-state index contributed by atoms with van der Waals surface area (Å²) in [5.74, 6) is 2.28. The molecule has 0 fully saturated rings. The topological polar surface area (TPSA) is 56.3 Å². The molecule has 1 aliphatic rings. The fourth-order valence-electron chi connectivity index (χ4n) is 3.11. The van der Waals surface area contributed by atoms with Gasteiger partial charge in [-0.15, -0.1) is 0 Å². The van der Waals surface area contributed by atoms with Crippen LogP contribution in [0.4, 0.5) is 5.82 Å². The average Bonchev–Trinajstić information content (AvgIpc) is 3.16. The molecule has 1 aromatic heterocycles. The fourth-order valence-corrected chi connectivity index (χ4v) is 3.11. The van der Waals surface area contributed by atoms with Gasteiger partial charge in [0.05, 0.1) is 24.1 Å². The predicted molar refractivity (Wildman–Crippen MR) is 101 cm³/mol. The first-order chi connectivity index (χ1) is 12.8. The number of nitrogens with one attached hydrogen (secondary N) is 1. The van der Waals surface area contributed by atoms with E-state index in [4.69, 9.17) is 14.5 Å². The minimum absolute atomic E-state index is 0.211. The summed E-state index contributed by atoms with van der Waals surface area (Å²) in [6.07, 6.45) is 5.64. The normalized spacial score (nSPS) is 13.4. The molecule has 5 nitrogen and oxygen atoms in total. The lowest BCUT2D eigenvalue weighted by Crippen LogP contribution is -2.12. The first-order valence-electron chi connectivity index (χ1n) is 8.87. The average molecular weight is 347 g/mol. The number of aromatic nitrogens is 2. The molecule has 2 aromatic carbocycles. The summed E-state index contributed by atoms with van der Waals surface area (Å²) in [6.45, 7) is 2.45. The van der Waals surface area contributed by atoms with Crippen LogP contribution in [0, 0.1) is 0 Å². The van der Waals surface area contributed by atoms with E-state index in [1.54, 1.807) is 12.4 Å². The van der Waals surface area contributed by atoms with Crippen LogP contribution in [0.1, 0.15) is 31.4 Å². The van der Waals surface area contributed by atoms with Gasteiger partial charge in [0.25, 0.3) is 0 Å². The Bertz CT molecular complexity index is 883. The van der Waals surface area contributed by atoms with Crippen LogP contribution < -0.4 is 14.8 Å². The summed E-state index contributed by atoms with van der Waals surface area (Å²) < 4.78 is 10.8. The van der Waals surface area contributed by atoms with Crippen molar-refractivity contribution < 1.29 is 9.47 Å². The Balaban J connectivity index is 1.59. The molecular weight excluding hydrogens is 326 g/mol. The standard InChI is InChI=1S/C21H21N3O2/c1-2-6-17(15-7-4-3-5-8-15)23-21-13-22-12-18(24-21)16-9-10-19-20(11-16)26-14-25-19/h3-5,7-13,17H,2,6,14H2,1H3,(H,23,24). The van der Waals surface area contributed by atoms with E-state index in [0.29, 0.717) is 0 Å². The van der Waals surface area contributed by atoms with Crippen LogP contribution in [-0.2, 0) is 0 Å². The summed E-state index contributed by atoms with van der Waals surface area (Å²) in [5, 5.41) is 3.53. The van der Waals surface area contributed by atoms with Crippen molar-refractivity contribution >= 4 is 5.82 Å². The molecule has 0 spiro atoms. The Kier molecular flexibility index (Phi) is 4.69. The molecule has 2 heterocycles. The number of hydrogen-bond donors (Lipinski definition) is 1. The van der Waals surface area contributed by atoms with Crippen LogP contribution in [0.15, 0.2) is 60.9 Å². The highest BCUT2D eigenvalue weighted by molar-refractivity contribution is 5.65. The maximum atomic E-state index is 5.46. The molecule has 26 heavy (non-hydrogen) atoms. The van der Waals surface area contributed by atoms with Crippen LogP contribution in [-0.4, -0.2) is 16.8 Å². The molecule has 1 aliphatic heterocycles. The van der Waals surface area contributed by atoms with E-state index in [0.717, 1.165) is 41.4 Å². The molecule has 3 aromatic rings. The molecule has 1 atom stereocenters. The maximum absolute atomic E-state index is 5.46. The van der Waals surface area contributed by atoms with Gasteiger partial charge in [-0.3, -0.25) is 4.98 Å². The second kappa shape index (κ2) is 7.44. The first-order valence-corrected chi connectivity index (χ1v) is 8.87. The number of ether oxygens (including phenoxy) is 2. The molecule has 0 radical (unpaired) electrons. The van der Waals surface area contributed by atoms with Gasteiger partial charge >= 0.3 is 0 Å². The molecule has 0 aliphatic carbocycles. The number of nitrogens with zero attached hydrogens (tertiary/aromatic N) is 2. The minimum atomic E-state index is 0.211. The Morgan fingerprint density at radius 2 is 1.88 bits per heavy atom. The number of benzene rings is 2. The third-order valence-electron chi connectivity index (χ3n) is 4.40. The number of rotatable bonds is 6. The SMILES string of the molecule is CCCC(Nc1cncc(-c2ccc3c(c2)OCO3)n1)c1ccccc1. The van der Waals surface area contributed by atoms with Crippen molar-refractivity contribution in [2.24, 2.45) is 0 Å². The van der Waals surface area contributed by atoms with Gasteiger partial charge in [-0.25, -0.2) is 4.98 Å². The molecule has 5 heteroatoms. The van der Waals surface area contributed by atoms with E-state index in [2.05, 4.69) is 41.5 Å². The van der Waals surface area contributed by atoms with E-state index >= 15 is 0 Å². The van der Waals surface area contributed by atoms with Gasteiger partial charge in [0.1, 0.15) is 5.82 Å². The molecule has 1 N–H and O–H groups in total. The van der Waals surface area contributed by atoms with E-state index in [1.165, 1.54) is 5.56 Å². The van der Waals surface area contributed by atoms with Gasteiger partial charge in [-0.1, -0.05) is 43.7 Å². The molecule has 0 amide bonds. The largest absolute Gasteiger partial charge is 0.454 e. The first kappa shape index (κ1) is 16.4. The van der Waals surface area contributed by atoms with Crippen LogP contribution in [0.3, 0.4) is 0 Å². The van der Waals surface area contributed by atoms with Gasteiger partial charge < -0.3 is 14.8 Å². The van der Waals surface area contributed by atoms with Gasteiger partial charge in [0.15, 0.2) is 11.5 Å². The number of hydrogen-bond acceptors (Lipinski definition) is 5. The van der Waals surface area contributed by atoms with Gasteiger partial charge in [0.2, 0.25) is 6.79 Å². The summed E-state index contributed by atoms with van der Waals surface area (Å²) in [5.41, 5.74) is 3.01. The van der Waals surface area contributed by atoms with Crippen LogP contribution in [0.5, 0.6) is 11.5 Å². The van der Waals surface area contributed by atoms with Crippen LogP contribution >= 0.6 is 0 Å². The van der Waals surface area contributed by atoms with E-state index in [1.807, 2.05) is 24.3 Å². The molecule has 4 rings (SSSR count). The van der Waals surface area contributed by atoms with E-state index in [-0.39, 0.29) is 12.8 Å². The van der Waals surface area contributed by atoms with Crippen molar-refractivity contribution in [1.82, 2.24) is 9.97 Å². The van der Waals surface area contributed by atoms with Crippen molar-refractivity contribution in [2.75, 3.05) is 12.1 Å². The van der Waals surface area contributed by atoms with E-state index < -0.39 is 0 Å². The van der Waals surface area contributed by atoms with Crippen molar-refractivity contribution in [3.63, 3.8) is 0 Å². The van der Waals surface area contributed by atoms with Crippen LogP contribution in [0.25, 0.3) is 11.3 Å². The highest BCUT2D eigenvalue weighted by atomic mass is 16.7. The molecule has 0 bridgehead atoms. The van der Waals surface area contributed by atoms with Crippen molar-refractivity contribution in [3.8, 4) is 22.8 Å². The van der Waals surface area contributed by atoms with Crippen molar-refractivity contribution in [3.05, 3.63) is 66.5 Å². The number of fused-ring (bicyclic) bond motifs is 1. The highest BCUT2D eigenvalue weighted by Gasteiger charge is 2.15. The fraction of sp³-hybridized carbons (Fsp3) is 0.238. The maximum Gasteiger partial charge on any atom is 0.231 e. The Labute approximate surface area is 153 Å². The zero-order chi connectivity index (χ0) is 17.8. The van der Waals surface area contributed by atoms with Crippen molar-refractivity contribution in [1.29, 1.82) is 0 Å². The lowest BCUT2D eigenvalue weighted by atomic mass is 10.0. The van der Waals surface area contributed by atoms with Crippen molar-refractivity contribution in [2.45, 2.75) is 25.8 Å². The minimum Gasteiger partial charge on any atom is -0.454 e. The summed E-state index contributed by atoms with van der Waals surface area (Å²) >= 11 is 0. The smallest absolute Gasteiger partial charge is 0.231 e. The van der Waals surface area contributed by atoms with E-state index in [9.17, 15) is 0 Å². The van der Waals surface area contributed by atoms with Gasteiger partial charge in [-0.2, -0.15) is 0 Å². The van der Waals surface area contributed by atoms with Crippen LogP contribution in [0.2, 0.25) is 0 Å². The third-order valence-corrected chi connectivity index (χ3v) is 4.40. The summed E-state index contributed by atoms with van der Waals surface area (Å²) in [7, 11) is 0. The zero-order valence-corrected chi connectivity index (χ0v) is 14.7. The third kappa shape index (κ3) is 3.47. The second-order valence-electron chi connectivity index (χ2n) is 6.25. The molecule has 0 saturated heterocycles. The molecule has 132 valence electrons. The monoisotopic (exact) mass is 347 g/mol. The predicted octanol–water partition coefficient (Wildman–Crippen LogP) is 4.83. The Morgan fingerprint density at radius 3 is 2.73 bits per heavy atom. The summed E-state index contributed by atoms with van der Waals surface area (Å²) in [4.78, 5) is 9.11. The number of anilines is 1. The lowest BCUT2D eigenvalue weighted by Gasteiger charge is -2.19. The van der Waals surface area contributed by atoms with Gasteiger partial charge in [0, 0.05) is 5.56 Å². The van der Waals surface area contributed by atoms with Gasteiger partial charge in [-0.05, 0) is 30.2 Å². The molecular formula is C21H21N3O2. The quantitative estimate of drug-likeness (QED) is 0.692. The summed E-state index contributed by atoms with van der Waals surface area (Å²) in [6, 6.07) is 16.5. The Hall–Kier alpha value is -3.08. The zero-order valence-electron chi connectivity index (χ0n) is 14.7. The second-order valence-corrected chi connectivity index (χ2v) is 6.25. The highest BCUT2D eigenvalue weighted by Crippen LogP contribution is 2.35.